The van der Waals surface area contributed by atoms with Crippen LogP contribution in [0.1, 0.15) is 41.7 Å². The summed E-state index contributed by atoms with van der Waals surface area (Å²) in [5.74, 6) is -0.548. The van der Waals surface area contributed by atoms with Crippen molar-refractivity contribution in [2.24, 2.45) is 0 Å². The van der Waals surface area contributed by atoms with Gasteiger partial charge in [-0.2, -0.15) is 5.10 Å². The van der Waals surface area contributed by atoms with Crippen molar-refractivity contribution in [3.63, 3.8) is 0 Å². The molecule has 6 nitrogen and oxygen atoms in total. The highest BCUT2D eigenvalue weighted by Crippen LogP contribution is 2.25. The zero-order chi connectivity index (χ0) is 22.7. The van der Waals surface area contributed by atoms with Crippen LogP contribution in [0.2, 0.25) is 5.02 Å². The summed E-state index contributed by atoms with van der Waals surface area (Å²) in [7, 11) is 0. The largest absolute Gasteiger partial charge is 0.440 e. The Morgan fingerprint density at radius 2 is 1.72 bits per heavy atom. The van der Waals surface area contributed by atoms with Crippen LogP contribution >= 0.6 is 11.6 Å². The molecule has 0 aliphatic heterocycles. The number of para-hydroxylation sites is 1. The van der Waals surface area contributed by atoms with Crippen LogP contribution in [0.3, 0.4) is 0 Å². The maximum atomic E-state index is 12.4. The third kappa shape index (κ3) is 4.81. The molecule has 1 aromatic heterocycles. The molecule has 3 aromatic carbocycles. The van der Waals surface area contributed by atoms with E-state index < -0.39 is 6.23 Å². The van der Waals surface area contributed by atoms with E-state index in [1.165, 1.54) is 6.92 Å². The minimum absolute atomic E-state index is 0.196. The molecule has 32 heavy (non-hydrogen) atoms. The number of amides is 1. The number of hydrogen-bond donors (Lipinski definition) is 1. The molecular weight excluding hydrogens is 426 g/mol. The molecule has 0 bridgehead atoms. The number of aromatic nitrogens is 2. The van der Waals surface area contributed by atoms with Crippen LogP contribution in [0.25, 0.3) is 10.9 Å². The molecule has 1 N–H and O–H groups in total. The van der Waals surface area contributed by atoms with Crippen LogP contribution in [-0.4, -0.2) is 21.7 Å². The highest BCUT2D eigenvalue weighted by molar-refractivity contribution is 6.30. The van der Waals surface area contributed by atoms with Gasteiger partial charge in [-0.05, 0) is 55.0 Å². The molecule has 4 aromatic rings. The van der Waals surface area contributed by atoms with E-state index in [1.807, 2.05) is 48.5 Å². The zero-order valence-corrected chi connectivity index (χ0v) is 18.5. The Labute approximate surface area is 190 Å². The average Bonchev–Trinajstić information content (AvgIpc) is 3.14. The van der Waals surface area contributed by atoms with E-state index in [1.54, 1.807) is 35.9 Å². The van der Waals surface area contributed by atoms with Crippen molar-refractivity contribution in [3.05, 3.63) is 94.6 Å². The van der Waals surface area contributed by atoms with Crippen molar-refractivity contribution in [3.8, 4) is 0 Å². The van der Waals surface area contributed by atoms with Crippen molar-refractivity contribution < 1.29 is 14.3 Å². The maximum absolute atomic E-state index is 12.4. The number of anilines is 1. The first-order valence-corrected chi connectivity index (χ1v) is 10.6. The predicted octanol–water partition coefficient (Wildman–Crippen LogP) is 5.61. The number of rotatable bonds is 6. The van der Waals surface area contributed by atoms with E-state index >= 15 is 0 Å². The van der Waals surface area contributed by atoms with Crippen LogP contribution in [0.4, 0.5) is 5.69 Å². The summed E-state index contributed by atoms with van der Waals surface area (Å²) in [4.78, 5) is 23.8. The normalized spacial score (nSPS) is 11.8. The molecule has 7 heteroatoms. The fourth-order valence-corrected chi connectivity index (χ4v) is 3.68. The van der Waals surface area contributed by atoms with Gasteiger partial charge in [-0.25, -0.2) is 4.68 Å². The minimum atomic E-state index is -0.503. The van der Waals surface area contributed by atoms with Crippen LogP contribution < -0.4 is 5.32 Å². The number of carbonyl (C=O) groups excluding carboxylic acids is 2. The summed E-state index contributed by atoms with van der Waals surface area (Å²) in [5.41, 5.74) is 4.08. The summed E-state index contributed by atoms with van der Waals surface area (Å²) in [6.45, 7) is 3.18. The molecular formula is C25H22ClN3O3. The Bertz CT molecular complexity index is 1260. The average molecular weight is 448 g/mol. The van der Waals surface area contributed by atoms with E-state index in [0.29, 0.717) is 22.7 Å². The smallest absolute Gasteiger partial charge is 0.304 e. The second kappa shape index (κ2) is 9.24. The first-order valence-electron chi connectivity index (χ1n) is 10.2. The van der Waals surface area contributed by atoms with Crippen molar-refractivity contribution in [2.45, 2.75) is 26.5 Å². The quantitative estimate of drug-likeness (QED) is 0.389. The summed E-state index contributed by atoms with van der Waals surface area (Å²) in [6.07, 6.45) is 0.0997. The summed E-state index contributed by atoms with van der Waals surface area (Å²) in [6, 6.07) is 22.3. The van der Waals surface area contributed by atoms with Gasteiger partial charge in [0.05, 0.1) is 11.2 Å². The number of benzene rings is 3. The Kier molecular flexibility index (Phi) is 6.23. The molecule has 0 spiro atoms. The van der Waals surface area contributed by atoms with Crippen molar-refractivity contribution in [2.75, 3.05) is 5.32 Å². The summed E-state index contributed by atoms with van der Waals surface area (Å²) < 4.78 is 7.05. The van der Waals surface area contributed by atoms with Crippen molar-refractivity contribution >= 4 is 40.1 Å². The van der Waals surface area contributed by atoms with Gasteiger partial charge < -0.3 is 10.1 Å². The topological polar surface area (TPSA) is 73.2 Å². The van der Waals surface area contributed by atoms with Crippen LogP contribution in [0.5, 0.6) is 0 Å². The number of esters is 1. The first kappa shape index (κ1) is 21.6. The van der Waals surface area contributed by atoms with E-state index in [4.69, 9.17) is 21.4 Å². The monoisotopic (exact) mass is 447 g/mol. The molecule has 0 aliphatic carbocycles. The van der Waals surface area contributed by atoms with E-state index in [-0.39, 0.29) is 11.9 Å². The highest BCUT2D eigenvalue weighted by Gasteiger charge is 2.16. The summed E-state index contributed by atoms with van der Waals surface area (Å²) in [5, 5.41) is 9.19. The van der Waals surface area contributed by atoms with Gasteiger partial charge in [0, 0.05) is 35.0 Å². The van der Waals surface area contributed by atoms with Crippen LogP contribution in [0.15, 0.2) is 72.8 Å². The molecule has 0 saturated heterocycles. The second-order valence-electron chi connectivity index (χ2n) is 7.45. The predicted molar refractivity (Wildman–Crippen MR) is 125 cm³/mol. The van der Waals surface area contributed by atoms with Crippen LogP contribution in [0, 0.1) is 0 Å². The van der Waals surface area contributed by atoms with Crippen molar-refractivity contribution in [1.82, 2.24) is 9.78 Å². The molecule has 1 amide bonds. The number of carbonyl (C=O) groups is 2. The maximum Gasteiger partial charge on any atom is 0.304 e. The molecule has 0 saturated carbocycles. The zero-order valence-electron chi connectivity index (χ0n) is 17.7. The number of nitrogens with zero attached hydrogens (tertiary/aromatic N) is 2. The van der Waals surface area contributed by atoms with Crippen molar-refractivity contribution in [1.29, 1.82) is 0 Å². The van der Waals surface area contributed by atoms with Gasteiger partial charge in [-0.15, -0.1) is 0 Å². The number of fused-ring (bicyclic) bond motifs is 1. The number of ether oxygens (including phenoxy) is 1. The molecule has 4 rings (SSSR count). The first-order chi connectivity index (χ1) is 15.4. The fraction of sp³-hybridized carbons (Fsp3) is 0.160. The number of nitrogens with one attached hydrogen (secondary N) is 1. The molecule has 0 aliphatic rings. The number of hydrogen-bond acceptors (Lipinski definition) is 4. The lowest BCUT2D eigenvalue weighted by molar-refractivity contribution is -0.150. The van der Waals surface area contributed by atoms with E-state index in [2.05, 4.69) is 5.32 Å². The third-order valence-electron chi connectivity index (χ3n) is 5.06. The highest BCUT2D eigenvalue weighted by atomic mass is 35.5. The van der Waals surface area contributed by atoms with E-state index in [0.717, 1.165) is 22.2 Å². The Morgan fingerprint density at radius 3 is 2.41 bits per heavy atom. The van der Waals surface area contributed by atoms with Crippen LogP contribution in [-0.2, 0) is 16.0 Å². The van der Waals surface area contributed by atoms with Gasteiger partial charge in [0.15, 0.2) is 6.23 Å². The SMILES string of the molecule is CC(=O)OC(C)n1nc(Cc2ccc(NC(=O)c3ccc(Cl)cc3)cc2)c2ccccc21. The lowest BCUT2D eigenvalue weighted by Gasteiger charge is -2.13. The molecule has 0 fully saturated rings. The summed E-state index contributed by atoms with van der Waals surface area (Å²) >= 11 is 5.88. The third-order valence-corrected chi connectivity index (χ3v) is 5.31. The Hall–Kier alpha value is -3.64. The van der Waals surface area contributed by atoms with Gasteiger partial charge in [0.1, 0.15) is 0 Å². The van der Waals surface area contributed by atoms with Gasteiger partial charge in [0.2, 0.25) is 0 Å². The molecule has 1 heterocycles. The molecule has 0 radical (unpaired) electrons. The Balaban J connectivity index is 1.51. The minimum Gasteiger partial charge on any atom is -0.440 e. The van der Waals surface area contributed by atoms with Gasteiger partial charge >= 0.3 is 5.97 Å². The standard InChI is InChI=1S/C25H22ClN3O3/c1-16(32-17(2)30)29-24-6-4-3-5-22(24)23(28-29)15-18-7-13-21(14-8-18)27-25(31)19-9-11-20(26)12-10-19/h3-14,16H,15H2,1-2H3,(H,27,31). The van der Waals surface area contributed by atoms with Gasteiger partial charge in [-0.3, -0.25) is 9.59 Å². The molecule has 1 unspecified atom stereocenters. The lowest BCUT2D eigenvalue weighted by Crippen LogP contribution is -2.14. The Morgan fingerprint density at radius 1 is 1.03 bits per heavy atom. The second-order valence-corrected chi connectivity index (χ2v) is 7.89. The molecule has 1 atom stereocenters. The van der Waals surface area contributed by atoms with E-state index in [9.17, 15) is 9.59 Å². The fourth-order valence-electron chi connectivity index (χ4n) is 3.56. The number of halogens is 1. The van der Waals surface area contributed by atoms with Gasteiger partial charge in [0.25, 0.3) is 5.91 Å². The van der Waals surface area contributed by atoms with Gasteiger partial charge in [-0.1, -0.05) is 41.9 Å². The lowest BCUT2D eigenvalue weighted by atomic mass is 10.1. The molecule has 162 valence electrons.